The Bertz CT molecular complexity index is 1070. The normalized spacial score (nSPS) is 11.8. The van der Waals surface area contributed by atoms with Crippen molar-refractivity contribution in [1.29, 1.82) is 0 Å². The largest absolute Gasteiger partial charge is 0.494 e. The number of nitrogens with one attached hydrogen (secondary N) is 2. The van der Waals surface area contributed by atoms with Crippen molar-refractivity contribution in [2.24, 2.45) is 0 Å². The second kappa shape index (κ2) is 9.98. The van der Waals surface area contributed by atoms with Crippen molar-refractivity contribution >= 4 is 48.5 Å². The van der Waals surface area contributed by atoms with Gasteiger partial charge in [-0.1, -0.05) is 27.5 Å². The maximum atomic E-state index is 12.5. The van der Waals surface area contributed by atoms with E-state index in [4.69, 9.17) is 16.3 Å². The Labute approximate surface area is 185 Å². The van der Waals surface area contributed by atoms with E-state index >= 15 is 0 Å². The number of benzene rings is 2. The third kappa shape index (κ3) is 5.75. The maximum Gasteiger partial charge on any atom is 0.240 e. The van der Waals surface area contributed by atoms with Gasteiger partial charge in [0.1, 0.15) is 5.75 Å². The van der Waals surface area contributed by atoms with Gasteiger partial charge in [0.25, 0.3) is 0 Å². The summed E-state index contributed by atoms with van der Waals surface area (Å²) < 4.78 is 33.2. The average molecular weight is 500 g/mol. The van der Waals surface area contributed by atoms with Crippen molar-refractivity contribution in [3.8, 4) is 5.75 Å². The summed E-state index contributed by atoms with van der Waals surface area (Å²) in [6.45, 7) is 2.97. The zero-order chi connectivity index (χ0) is 20.9. The number of ether oxygens (including phenoxy) is 1. The summed E-state index contributed by atoms with van der Waals surface area (Å²) in [5.41, 5.74) is 3.30. The molecule has 0 radical (unpaired) electrons. The van der Waals surface area contributed by atoms with Gasteiger partial charge in [-0.05, 0) is 74.2 Å². The van der Waals surface area contributed by atoms with Crippen molar-refractivity contribution in [2.45, 2.75) is 31.1 Å². The summed E-state index contributed by atoms with van der Waals surface area (Å²) in [7, 11) is -3.54. The topological polar surface area (TPSA) is 71.2 Å². The highest BCUT2D eigenvalue weighted by Crippen LogP contribution is 2.26. The van der Waals surface area contributed by atoms with E-state index in [9.17, 15) is 8.42 Å². The van der Waals surface area contributed by atoms with Crippen molar-refractivity contribution < 1.29 is 13.2 Å². The fourth-order valence-corrected chi connectivity index (χ4v) is 4.67. The molecule has 5 nitrogen and oxygen atoms in total. The van der Waals surface area contributed by atoms with Gasteiger partial charge in [0.2, 0.25) is 10.0 Å². The molecule has 3 rings (SSSR count). The van der Waals surface area contributed by atoms with Crippen molar-refractivity contribution in [3.05, 3.63) is 58.7 Å². The van der Waals surface area contributed by atoms with E-state index in [1.807, 2.05) is 25.1 Å². The number of H-pyrrole nitrogens is 1. The minimum atomic E-state index is -3.54. The molecule has 1 aromatic heterocycles. The number of hydrogen-bond acceptors (Lipinski definition) is 3. The van der Waals surface area contributed by atoms with Gasteiger partial charge in [-0.15, -0.1) is 0 Å². The highest BCUT2D eigenvalue weighted by molar-refractivity contribution is 9.09. The molecule has 156 valence electrons. The van der Waals surface area contributed by atoms with Crippen LogP contribution in [0.25, 0.3) is 10.9 Å². The van der Waals surface area contributed by atoms with Crippen LogP contribution in [0, 0.1) is 6.92 Å². The average Bonchev–Trinajstić information content (AvgIpc) is 3.00. The summed E-state index contributed by atoms with van der Waals surface area (Å²) >= 11 is 9.47. The smallest absolute Gasteiger partial charge is 0.240 e. The van der Waals surface area contributed by atoms with Gasteiger partial charge >= 0.3 is 0 Å². The molecule has 29 heavy (non-hydrogen) atoms. The Morgan fingerprint density at radius 3 is 2.62 bits per heavy atom. The van der Waals surface area contributed by atoms with Gasteiger partial charge in [-0.25, -0.2) is 13.1 Å². The molecule has 0 atom stereocenters. The number of aromatic nitrogens is 1. The molecular formula is C21H24BrClN2O3S. The van der Waals surface area contributed by atoms with E-state index in [0.717, 1.165) is 34.8 Å². The molecular weight excluding hydrogens is 476 g/mol. The fourth-order valence-electron chi connectivity index (χ4n) is 3.19. The number of fused-ring (bicyclic) bond motifs is 1. The molecule has 0 saturated carbocycles. The van der Waals surface area contributed by atoms with Crippen LogP contribution in [0.4, 0.5) is 0 Å². The van der Waals surface area contributed by atoms with Crippen molar-refractivity contribution in [3.63, 3.8) is 0 Å². The Kier molecular flexibility index (Phi) is 7.62. The number of alkyl halides is 1. The standard InChI is InChI=1S/C21H24BrClN2O3S/c1-15-19(20-14-16(23)5-10-21(20)25-15)4-2-12-24-29(26,27)18-8-6-17(7-9-18)28-13-3-11-22/h5-10,14,24-25H,2-4,11-13H2,1H3. The summed E-state index contributed by atoms with van der Waals surface area (Å²) in [5, 5.41) is 2.65. The van der Waals surface area contributed by atoms with E-state index in [0.29, 0.717) is 30.3 Å². The molecule has 0 aliphatic rings. The lowest BCUT2D eigenvalue weighted by Crippen LogP contribution is -2.25. The van der Waals surface area contributed by atoms with Crippen LogP contribution in [-0.2, 0) is 16.4 Å². The zero-order valence-electron chi connectivity index (χ0n) is 16.2. The Morgan fingerprint density at radius 2 is 1.90 bits per heavy atom. The fraction of sp³-hybridized carbons (Fsp3) is 0.333. The highest BCUT2D eigenvalue weighted by atomic mass is 79.9. The van der Waals surface area contributed by atoms with Gasteiger partial charge < -0.3 is 9.72 Å². The number of sulfonamides is 1. The predicted molar refractivity (Wildman–Crippen MR) is 122 cm³/mol. The molecule has 0 unspecified atom stereocenters. The molecule has 0 bridgehead atoms. The minimum absolute atomic E-state index is 0.236. The van der Waals surface area contributed by atoms with E-state index in [1.165, 1.54) is 5.56 Å². The number of aromatic amines is 1. The molecule has 0 fully saturated rings. The van der Waals surface area contributed by atoms with E-state index in [1.54, 1.807) is 24.3 Å². The molecule has 0 aliphatic carbocycles. The van der Waals surface area contributed by atoms with Crippen LogP contribution < -0.4 is 9.46 Å². The first kappa shape index (κ1) is 22.2. The maximum absolute atomic E-state index is 12.5. The van der Waals surface area contributed by atoms with Crippen LogP contribution in [0.3, 0.4) is 0 Å². The van der Waals surface area contributed by atoms with Gasteiger partial charge in [0, 0.05) is 33.5 Å². The summed E-state index contributed by atoms with van der Waals surface area (Å²) in [6.07, 6.45) is 2.34. The van der Waals surface area contributed by atoms with Crippen LogP contribution >= 0.6 is 27.5 Å². The molecule has 0 spiro atoms. The van der Waals surface area contributed by atoms with Crippen LogP contribution in [0.5, 0.6) is 5.75 Å². The van der Waals surface area contributed by atoms with Crippen LogP contribution in [0.2, 0.25) is 5.02 Å². The third-order valence-corrected chi connectivity index (χ3v) is 6.93. The molecule has 8 heteroatoms. The Morgan fingerprint density at radius 1 is 1.14 bits per heavy atom. The highest BCUT2D eigenvalue weighted by Gasteiger charge is 2.14. The van der Waals surface area contributed by atoms with Gasteiger partial charge in [-0.3, -0.25) is 0 Å². The van der Waals surface area contributed by atoms with E-state index in [2.05, 4.69) is 25.6 Å². The SMILES string of the molecule is Cc1[nH]c2ccc(Cl)cc2c1CCCNS(=O)(=O)c1ccc(OCCCBr)cc1. The van der Waals surface area contributed by atoms with E-state index in [-0.39, 0.29) is 4.90 Å². The second-order valence-corrected chi connectivity index (χ2v) is 9.78. The lowest BCUT2D eigenvalue weighted by atomic mass is 10.1. The monoisotopic (exact) mass is 498 g/mol. The molecule has 0 amide bonds. The molecule has 2 N–H and O–H groups in total. The molecule has 3 aromatic rings. The quantitative estimate of drug-likeness (QED) is 0.297. The van der Waals surface area contributed by atoms with Crippen molar-refractivity contribution in [1.82, 2.24) is 9.71 Å². The third-order valence-electron chi connectivity index (χ3n) is 4.66. The Balaban J connectivity index is 1.56. The zero-order valence-corrected chi connectivity index (χ0v) is 19.3. The number of halogens is 2. The Hall–Kier alpha value is -1.54. The van der Waals surface area contributed by atoms with Crippen LogP contribution in [0.15, 0.2) is 47.4 Å². The van der Waals surface area contributed by atoms with Gasteiger partial charge in [0.05, 0.1) is 11.5 Å². The second-order valence-electron chi connectivity index (χ2n) is 6.78. The number of rotatable bonds is 10. The summed E-state index contributed by atoms with van der Waals surface area (Å²) in [4.78, 5) is 3.59. The number of hydrogen-bond donors (Lipinski definition) is 2. The van der Waals surface area contributed by atoms with Gasteiger partial charge in [-0.2, -0.15) is 0 Å². The lowest BCUT2D eigenvalue weighted by molar-refractivity contribution is 0.319. The molecule has 0 aliphatic heterocycles. The van der Waals surface area contributed by atoms with Crippen LogP contribution in [-0.4, -0.2) is 31.9 Å². The molecule has 2 aromatic carbocycles. The number of aryl methyl sites for hydroxylation is 2. The predicted octanol–water partition coefficient (Wildman–Crippen LogP) is 5.20. The molecule has 1 heterocycles. The first-order valence-electron chi connectivity index (χ1n) is 9.46. The summed E-state index contributed by atoms with van der Waals surface area (Å²) in [5.74, 6) is 0.665. The van der Waals surface area contributed by atoms with Crippen molar-refractivity contribution in [2.75, 3.05) is 18.5 Å². The lowest BCUT2D eigenvalue weighted by Gasteiger charge is -2.09. The first-order valence-corrected chi connectivity index (χ1v) is 12.4. The van der Waals surface area contributed by atoms with E-state index < -0.39 is 10.0 Å². The molecule has 0 saturated heterocycles. The summed E-state index contributed by atoms with van der Waals surface area (Å²) in [6, 6.07) is 12.3. The minimum Gasteiger partial charge on any atom is -0.494 e. The van der Waals surface area contributed by atoms with Gasteiger partial charge in [0.15, 0.2) is 0 Å². The van der Waals surface area contributed by atoms with Crippen LogP contribution in [0.1, 0.15) is 24.1 Å². The first-order chi connectivity index (χ1) is 13.9.